The molecule has 14 heavy (non-hydrogen) atoms. The summed E-state index contributed by atoms with van der Waals surface area (Å²) < 4.78 is 1.05. The minimum Gasteiger partial charge on any atom is -0.354 e. The predicted octanol–water partition coefficient (Wildman–Crippen LogP) is 3.22. The van der Waals surface area contributed by atoms with Crippen LogP contribution in [0, 0.1) is 0 Å². The van der Waals surface area contributed by atoms with Gasteiger partial charge in [-0.3, -0.25) is 0 Å². The summed E-state index contributed by atoms with van der Waals surface area (Å²) in [5.41, 5.74) is 0. The zero-order chi connectivity index (χ0) is 9.97. The van der Waals surface area contributed by atoms with Crippen LogP contribution < -0.4 is 4.90 Å². The minimum absolute atomic E-state index is 0.637. The van der Waals surface area contributed by atoms with Gasteiger partial charge in [-0.15, -0.1) is 0 Å². The number of aromatic nitrogens is 1. The normalized spacial score (nSPS) is 22.4. The molecule has 1 fully saturated rings. The molecule has 0 saturated carbocycles. The van der Waals surface area contributed by atoms with Crippen LogP contribution in [0.2, 0.25) is 0 Å². The van der Waals surface area contributed by atoms with E-state index < -0.39 is 0 Å². The van der Waals surface area contributed by atoms with Crippen molar-refractivity contribution in [3.05, 3.63) is 22.8 Å². The SMILES string of the molecule is C[C@@H]1CCCCN1c1ccc(Br)cn1. The van der Waals surface area contributed by atoms with E-state index in [1.54, 1.807) is 0 Å². The molecule has 2 nitrogen and oxygen atoms in total. The number of pyridine rings is 1. The topological polar surface area (TPSA) is 16.1 Å². The van der Waals surface area contributed by atoms with Crippen molar-refractivity contribution in [2.45, 2.75) is 32.2 Å². The Morgan fingerprint density at radius 3 is 2.93 bits per heavy atom. The third-order valence-electron chi connectivity index (χ3n) is 2.81. The first-order valence-electron chi connectivity index (χ1n) is 5.15. The molecule has 0 unspecified atom stereocenters. The largest absolute Gasteiger partial charge is 0.354 e. The Balaban J connectivity index is 2.16. The number of nitrogens with zero attached hydrogens (tertiary/aromatic N) is 2. The summed E-state index contributed by atoms with van der Waals surface area (Å²) in [7, 11) is 0. The predicted molar refractivity (Wildman–Crippen MR) is 62.6 cm³/mol. The number of halogens is 1. The zero-order valence-corrected chi connectivity index (χ0v) is 10.00. The highest BCUT2D eigenvalue weighted by Gasteiger charge is 2.18. The molecule has 2 rings (SSSR count). The maximum absolute atomic E-state index is 4.43. The molecule has 0 aromatic carbocycles. The van der Waals surface area contributed by atoms with Gasteiger partial charge in [0.25, 0.3) is 0 Å². The first-order chi connectivity index (χ1) is 6.77. The molecule has 0 radical (unpaired) electrons. The average Bonchev–Trinajstić information content (AvgIpc) is 2.20. The van der Waals surface area contributed by atoms with E-state index in [4.69, 9.17) is 0 Å². The second-order valence-electron chi connectivity index (χ2n) is 3.87. The summed E-state index contributed by atoms with van der Waals surface area (Å²) in [5.74, 6) is 1.11. The number of piperidine rings is 1. The lowest BCUT2D eigenvalue weighted by Crippen LogP contribution is -2.37. The van der Waals surface area contributed by atoms with Crippen LogP contribution in [0.5, 0.6) is 0 Å². The van der Waals surface area contributed by atoms with E-state index in [1.807, 2.05) is 6.20 Å². The fraction of sp³-hybridized carbons (Fsp3) is 0.545. The number of hydrogen-bond donors (Lipinski definition) is 0. The van der Waals surface area contributed by atoms with E-state index >= 15 is 0 Å². The third-order valence-corrected chi connectivity index (χ3v) is 3.28. The van der Waals surface area contributed by atoms with Gasteiger partial charge in [0.05, 0.1) is 0 Å². The van der Waals surface area contributed by atoms with Gasteiger partial charge in [-0.25, -0.2) is 4.98 Å². The number of anilines is 1. The molecule has 0 aliphatic carbocycles. The van der Waals surface area contributed by atoms with Crippen LogP contribution in [-0.2, 0) is 0 Å². The van der Waals surface area contributed by atoms with E-state index in [9.17, 15) is 0 Å². The van der Waals surface area contributed by atoms with Crippen molar-refractivity contribution in [3.8, 4) is 0 Å². The van der Waals surface area contributed by atoms with Crippen molar-refractivity contribution in [2.75, 3.05) is 11.4 Å². The van der Waals surface area contributed by atoms with Gasteiger partial charge in [0, 0.05) is 23.3 Å². The highest BCUT2D eigenvalue weighted by Crippen LogP contribution is 2.23. The lowest BCUT2D eigenvalue weighted by Gasteiger charge is -2.34. The molecule has 1 saturated heterocycles. The Hall–Kier alpha value is -0.570. The van der Waals surface area contributed by atoms with E-state index in [0.29, 0.717) is 6.04 Å². The molecule has 1 aliphatic rings. The maximum Gasteiger partial charge on any atom is 0.128 e. The lowest BCUT2D eigenvalue weighted by atomic mass is 10.0. The summed E-state index contributed by atoms with van der Waals surface area (Å²) in [5, 5.41) is 0. The fourth-order valence-electron chi connectivity index (χ4n) is 1.98. The van der Waals surface area contributed by atoms with Gasteiger partial charge in [-0.2, -0.15) is 0 Å². The van der Waals surface area contributed by atoms with Crippen molar-refractivity contribution in [3.63, 3.8) is 0 Å². The average molecular weight is 255 g/mol. The monoisotopic (exact) mass is 254 g/mol. The van der Waals surface area contributed by atoms with Crippen LogP contribution in [0.1, 0.15) is 26.2 Å². The van der Waals surface area contributed by atoms with Crippen LogP contribution >= 0.6 is 15.9 Å². The Bertz CT molecular complexity index is 297. The van der Waals surface area contributed by atoms with Crippen LogP contribution in [0.4, 0.5) is 5.82 Å². The lowest BCUT2D eigenvalue weighted by molar-refractivity contribution is 0.481. The van der Waals surface area contributed by atoms with Crippen LogP contribution in [-0.4, -0.2) is 17.6 Å². The van der Waals surface area contributed by atoms with Crippen LogP contribution in [0.15, 0.2) is 22.8 Å². The summed E-state index contributed by atoms with van der Waals surface area (Å²) >= 11 is 3.40. The van der Waals surface area contributed by atoms with Crippen LogP contribution in [0.25, 0.3) is 0 Å². The highest BCUT2D eigenvalue weighted by atomic mass is 79.9. The first-order valence-corrected chi connectivity index (χ1v) is 5.95. The Morgan fingerprint density at radius 1 is 1.43 bits per heavy atom. The van der Waals surface area contributed by atoms with E-state index in [-0.39, 0.29) is 0 Å². The molecule has 1 aliphatic heterocycles. The van der Waals surface area contributed by atoms with Crippen LogP contribution in [0.3, 0.4) is 0 Å². The molecule has 2 heterocycles. The van der Waals surface area contributed by atoms with Gasteiger partial charge in [0.15, 0.2) is 0 Å². The van der Waals surface area contributed by atoms with Gasteiger partial charge in [0.1, 0.15) is 5.82 Å². The summed E-state index contributed by atoms with van der Waals surface area (Å²) in [6.07, 6.45) is 5.81. The van der Waals surface area contributed by atoms with Gasteiger partial charge in [-0.05, 0) is 54.2 Å². The Labute approximate surface area is 93.5 Å². The van der Waals surface area contributed by atoms with Crippen molar-refractivity contribution >= 4 is 21.7 Å². The smallest absolute Gasteiger partial charge is 0.128 e. The Morgan fingerprint density at radius 2 is 2.29 bits per heavy atom. The van der Waals surface area contributed by atoms with Crippen molar-refractivity contribution in [1.29, 1.82) is 0 Å². The summed E-state index contributed by atoms with van der Waals surface area (Å²) in [6, 6.07) is 4.78. The van der Waals surface area contributed by atoms with Crippen molar-refractivity contribution in [1.82, 2.24) is 4.98 Å². The quantitative estimate of drug-likeness (QED) is 0.765. The van der Waals surface area contributed by atoms with E-state index in [2.05, 4.69) is 44.9 Å². The Kier molecular flexibility index (Phi) is 3.06. The van der Waals surface area contributed by atoms with Gasteiger partial charge < -0.3 is 4.90 Å². The maximum atomic E-state index is 4.43. The summed E-state index contributed by atoms with van der Waals surface area (Å²) in [4.78, 5) is 6.83. The molecule has 0 bridgehead atoms. The number of rotatable bonds is 1. The standard InChI is InChI=1S/C11H15BrN2/c1-9-4-2-3-7-14(9)11-6-5-10(12)8-13-11/h5-6,8-9H,2-4,7H2,1H3/t9-/m1/s1. The van der Waals surface area contributed by atoms with Gasteiger partial charge >= 0.3 is 0 Å². The molecular formula is C11H15BrN2. The van der Waals surface area contributed by atoms with Crippen molar-refractivity contribution < 1.29 is 0 Å². The summed E-state index contributed by atoms with van der Waals surface area (Å²) in [6.45, 7) is 3.43. The third kappa shape index (κ3) is 2.08. The highest BCUT2D eigenvalue weighted by molar-refractivity contribution is 9.10. The number of hydrogen-bond acceptors (Lipinski definition) is 2. The molecule has 0 amide bonds. The molecule has 0 spiro atoms. The fourth-order valence-corrected chi connectivity index (χ4v) is 2.21. The zero-order valence-electron chi connectivity index (χ0n) is 8.41. The molecule has 3 heteroatoms. The first kappa shape index (κ1) is 9.97. The minimum atomic E-state index is 0.637. The second-order valence-corrected chi connectivity index (χ2v) is 4.79. The molecular weight excluding hydrogens is 240 g/mol. The van der Waals surface area contributed by atoms with E-state index in [0.717, 1.165) is 16.8 Å². The van der Waals surface area contributed by atoms with Gasteiger partial charge in [0.2, 0.25) is 0 Å². The molecule has 0 N–H and O–H groups in total. The van der Waals surface area contributed by atoms with Gasteiger partial charge in [-0.1, -0.05) is 0 Å². The molecule has 1 aromatic heterocycles. The molecule has 1 atom stereocenters. The molecule has 76 valence electrons. The van der Waals surface area contributed by atoms with Crippen molar-refractivity contribution in [2.24, 2.45) is 0 Å². The van der Waals surface area contributed by atoms with E-state index in [1.165, 1.54) is 19.3 Å². The molecule has 1 aromatic rings. The second kappa shape index (κ2) is 4.30.